The Morgan fingerprint density at radius 2 is 1.96 bits per heavy atom. The van der Waals surface area contributed by atoms with E-state index in [0.717, 1.165) is 0 Å². The zero-order valence-electron chi connectivity index (χ0n) is 12.9. The maximum absolute atomic E-state index is 13.8. The van der Waals surface area contributed by atoms with Crippen molar-refractivity contribution in [3.8, 4) is 17.1 Å². The van der Waals surface area contributed by atoms with Crippen LogP contribution in [0.15, 0.2) is 59.0 Å². The highest BCUT2D eigenvalue weighted by Crippen LogP contribution is 2.27. The molecule has 2 aromatic carbocycles. The summed E-state index contributed by atoms with van der Waals surface area (Å²) in [5.41, 5.74) is 6.96. The van der Waals surface area contributed by atoms with Crippen LogP contribution in [0, 0.1) is 5.82 Å². The summed E-state index contributed by atoms with van der Waals surface area (Å²) in [4.78, 5) is 12.3. The van der Waals surface area contributed by atoms with Crippen LogP contribution in [0.3, 0.4) is 0 Å². The van der Waals surface area contributed by atoms with Gasteiger partial charge in [0.15, 0.2) is 5.76 Å². The topological polar surface area (TPSA) is 77.5 Å². The van der Waals surface area contributed by atoms with Gasteiger partial charge in [-0.3, -0.25) is 4.79 Å². The number of methoxy groups -OCH3 is 1. The van der Waals surface area contributed by atoms with Crippen LogP contribution in [0.5, 0.6) is 5.75 Å². The Kier molecular flexibility index (Phi) is 4.20. The number of carbonyl (C=O) groups is 1. The molecule has 3 aromatic rings. The van der Waals surface area contributed by atoms with Gasteiger partial charge in [-0.1, -0.05) is 12.1 Å². The summed E-state index contributed by atoms with van der Waals surface area (Å²) < 4.78 is 24.3. The van der Waals surface area contributed by atoms with Gasteiger partial charge in [0.05, 0.1) is 24.0 Å². The number of carbonyl (C=O) groups excluding carboxylic acids is 1. The van der Waals surface area contributed by atoms with E-state index in [-0.39, 0.29) is 11.5 Å². The monoisotopic (exact) mass is 326 g/mol. The van der Waals surface area contributed by atoms with Gasteiger partial charge in [0, 0.05) is 6.07 Å². The number of anilines is 2. The van der Waals surface area contributed by atoms with E-state index < -0.39 is 11.7 Å². The van der Waals surface area contributed by atoms with E-state index in [1.807, 2.05) is 0 Å². The molecule has 0 aliphatic heterocycles. The van der Waals surface area contributed by atoms with E-state index in [1.54, 1.807) is 42.5 Å². The lowest BCUT2D eigenvalue weighted by Crippen LogP contribution is -2.12. The summed E-state index contributed by atoms with van der Waals surface area (Å²) in [6.07, 6.45) is 0. The third-order valence-corrected chi connectivity index (χ3v) is 3.48. The Bertz CT molecular complexity index is 889. The predicted octanol–water partition coefficient (Wildman–Crippen LogP) is 3.93. The van der Waals surface area contributed by atoms with Crippen LogP contribution < -0.4 is 15.8 Å². The molecule has 1 amide bonds. The summed E-state index contributed by atoms with van der Waals surface area (Å²) >= 11 is 0. The van der Waals surface area contributed by atoms with Gasteiger partial charge in [0.2, 0.25) is 0 Å². The molecule has 5 nitrogen and oxygen atoms in total. The van der Waals surface area contributed by atoms with E-state index in [0.29, 0.717) is 22.7 Å². The van der Waals surface area contributed by atoms with Gasteiger partial charge < -0.3 is 20.2 Å². The lowest BCUT2D eigenvalue weighted by atomic mass is 10.1. The molecule has 3 N–H and O–H groups in total. The van der Waals surface area contributed by atoms with Crippen molar-refractivity contribution in [3.05, 3.63) is 66.2 Å². The molecule has 3 rings (SSSR count). The molecule has 0 aliphatic rings. The Morgan fingerprint density at radius 3 is 2.67 bits per heavy atom. The molecule has 0 atom stereocenters. The largest absolute Gasteiger partial charge is 0.497 e. The number of furan rings is 1. The molecule has 0 radical (unpaired) electrons. The summed E-state index contributed by atoms with van der Waals surface area (Å²) in [5.74, 6) is 0.0300. The van der Waals surface area contributed by atoms with Gasteiger partial charge >= 0.3 is 0 Å². The molecule has 122 valence electrons. The van der Waals surface area contributed by atoms with E-state index in [1.165, 1.54) is 19.2 Å². The third-order valence-electron chi connectivity index (χ3n) is 3.48. The Morgan fingerprint density at radius 1 is 1.17 bits per heavy atom. The number of ether oxygens (including phenoxy) is 1. The standard InChI is InChI=1S/C18H15FN2O3/c1-23-11-6-7-15(14(20)10-11)21-18(22)17-9-8-16(24-17)12-4-2-3-5-13(12)19/h2-10H,20H2,1H3,(H,21,22). The van der Waals surface area contributed by atoms with Gasteiger partial charge in [-0.2, -0.15) is 0 Å². The molecule has 0 bridgehead atoms. The van der Waals surface area contributed by atoms with Gasteiger partial charge in [-0.05, 0) is 36.4 Å². The maximum Gasteiger partial charge on any atom is 0.291 e. The van der Waals surface area contributed by atoms with Crippen LogP contribution in [0.25, 0.3) is 11.3 Å². The smallest absolute Gasteiger partial charge is 0.291 e. The van der Waals surface area contributed by atoms with Gasteiger partial charge in [0.25, 0.3) is 5.91 Å². The zero-order chi connectivity index (χ0) is 17.1. The Hall–Kier alpha value is -3.28. The van der Waals surface area contributed by atoms with Crippen LogP contribution in [-0.4, -0.2) is 13.0 Å². The van der Waals surface area contributed by atoms with Crippen LogP contribution in [0.1, 0.15) is 10.6 Å². The molecule has 0 saturated heterocycles. The van der Waals surface area contributed by atoms with Gasteiger partial charge in [0.1, 0.15) is 17.3 Å². The van der Waals surface area contributed by atoms with E-state index in [9.17, 15) is 9.18 Å². The maximum atomic E-state index is 13.8. The van der Waals surface area contributed by atoms with Gasteiger partial charge in [-0.25, -0.2) is 4.39 Å². The van der Waals surface area contributed by atoms with Crippen molar-refractivity contribution in [3.63, 3.8) is 0 Å². The number of amides is 1. The first-order valence-corrected chi connectivity index (χ1v) is 7.18. The summed E-state index contributed by atoms with van der Waals surface area (Å²) in [6, 6.07) is 14.1. The molecule has 0 spiro atoms. The average molecular weight is 326 g/mol. The zero-order valence-corrected chi connectivity index (χ0v) is 12.9. The fourth-order valence-corrected chi connectivity index (χ4v) is 2.23. The molecular formula is C18H15FN2O3. The first-order chi connectivity index (χ1) is 11.6. The minimum Gasteiger partial charge on any atom is -0.497 e. The van der Waals surface area contributed by atoms with Crippen molar-refractivity contribution in [2.24, 2.45) is 0 Å². The normalized spacial score (nSPS) is 10.4. The van der Waals surface area contributed by atoms with Crippen LogP contribution in [0.4, 0.5) is 15.8 Å². The molecule has 0 unspecified atom stereocenters. The SMILES string of the molecule is COc1ccc(NC(=O)c2ccc(-c3ccccc3F)o2)c(N)c1. The van der Waals surface area contributed by atoms with Crippen LogP contribution >= 0.6 is 0 Å². The first kappa shape index (κ1) is 15.6. The number of nitrogen functional groups attached to an aromatic ring is 1. The van der Waals surface area contributed by atoms with E-state index in [2.05, 4.69) is 5.32 Å². The van der Waals surface area contributed by atoms with Gasteiger partial charge in [-0.15, -0.1) is 0 Å². The van der Waals surface area contributed by atoms with Crippen molar-refractivity contribution in [1.82, 2.24) is 0 Å². The number of nitrogens with one attached hydrogen (secondary N) is 1. The second kappa shape index (κ2) is 6.45. The van der Waals surface area contributed by atoms with Crippen molar-refractivity contribution in [2.75, 3.05) is 18.2 Å². The molecule has 0 saturated carbocycles. The Labute approximate surface area is 137 Å². The Balaban J connectivity index is 1.81. The number of benzene rings is 2. The minimum atomic E-state index is -0.477. The number of rotatable bonds is 4. The van der Waals surface area contributed by atoms with Crippen molar-refractivity contribution >= 4 is 17.3 Å². The highest BCUT2D eigenvalue weighted by molar-refractivity contribution is 6.04. The number of nitrogens with two attached hydrogens (primary N) is 1. The van der Waals surface area contributed by atoms with Crippen molar-refractivity contribution in [2.45, 2.75) is 0 Å². The summed E-state index contributed by atoms with van der Waals surface area (Å²) in [6.45, 7) is 0. The second-order valence-electron chi connectivity index (χ2n) is 5.05. The lowest BCUT2D eigenvalue weighted by Gasteiger charge is -2.08. The molecule has 1 heterocycles. The number of halogens is 1. The lowest BCUT2D eigenvalue weighted by molar-refractivity contribution is 0.0997. The number of hydrogen-bond donors (Lipinski definition) is 2. The molecule has 24 heavy (non-hydrogen) atoms. The summed E-state index contributed by atoms with van der Waals surface area (Å²) in [7, 11) is 1.53. The minimum absolute atomic E-state index is 0.0588. The molecular weight excluding hydrogens is 311 g/mol. The quantitative estimate of drug-likeness (QED) is 0.712. The predicted molar refractivity (Wildman–Crippen MR) is 89.5 cm³/mol. The molecule has 0 aliphatic carbocycles. The van der Waals surface area contributed by atoms with Crippen LogP contribution in [0.2, 0.25) is 0 Å². The molecule has 6 heteroatoms. The highest BCUT2D eigenvalue weighted by Gasteiger charge is 2.15. The average Bonchev–Trinajstić information content (AvgIpc) is 3.07. The van der Waals surface area contributed by atoms with E-state index >= 15 is 0 Å². The van der Waals surface area contributed by atoms with Crippen LogP contribution in [-0.2, 0) is 0 Å². The first-order valence-electron chi connectivity index (χ1n) is 7.18. The second-order valence-corrected chi connectivity index (χ2v) is 5.05. The fraction of sp³-hybridized carbons (Fsp3) is 0.0556. The number of hydrogen-bond acceptors (Lipinski definition) is 4. The highest BCUT2D eigenvalue weighted by atomic mass is 19.1. The van der Waals surface area contributed by atoms with E-state index in [4.69, 9.17) is 14.9 Å². The summed E-state index contributed by atoms with van der Waals surface area (Å²) in [5, 5.41) is 2.65. The van der Waals surface area contributed by atoms with Crippen molar-refractivity contribution < 1.29 is 18.3 Å². The molecule has 0 fully saturated rings. The third kappa shape index (κ3) is 3.08. The van der Waals surface area contributed by atoms with Crippen molar-refractivity contribution in [1.29, 1.82) is 0 Å². The molecule has 1 aromatic heterocycles. The fourth-order valence-electron chi connectivity index (χ4n) is 2.23.